The molecule has 19 heavy (non-hydrogen) atoms. The summed E-state index contributed by atoms with van der Waals surface area (Å²) in [6.07, 6.45) is 6.61. The molecule has 3 atom stereocenters. The summed E-state index contributed by atoms with van der Waals surface area (Å²) < 4.78 is 4.92. The summed E-state index contributed by atoms with van der Waals surface area (Å²) in [5.74, 6) is 2.57. The second kappa shape index (κ2) is 4.79. The van der Waals surface area contributed by atoms with Gasteiger partial charge in [-0.05, 0) is 38.0 Å². The molecule has 2 saturated carbocycles. The number of carbonyl (C=O) groups excluding carboxylic acids is 1. The summed E-state index contributed by atoms with van der Waals surface area (Å²) >= 11 is 0. The molecule has 1 heterocycles. The highest BCUT2D eigenvalue weighted by molar-refractivity contribution is 5.93. The van der Waals surface area contributed by atoms with E-state index in [4.69, 9.17) is 10.5 Å². The van der Waals surface area contributed by atoms with E-state index < -0.39 is 5.97 Å². The summed E-state index contributed by atoms with van der Waals surface area (Å²) in [7, 11) is 0. The molecule has 5 heteroatoms. The molecule has 102 valence electrons. The molecule has 5 nitrogen and oxygen atoms in total. The van der Waals surface area contributed by atoms with E-state index in [0.29, 0.717) is 18.4 Å². The van der Waals surface area contributed by atoms with E-state index in [1.807, 2.05) is 0 Å². The predicted molar refractivity (Wildman–Crippen MR) is 70.6 cm³/mol. The van der Waals surface area contributed by atoms with Crippen LogP contribution in [0.4, 0.5) is 5.82 Å². The van der Waals surface area contributed by atoms with Crippen molar-refractivity contribution in [2.24, 2.45) is 11.8 Å². The molecule has 3 unspecified atom stereocenters. The molecule has 0 aromatic carbocycles. The Hall–Kier alpha value is -1.65. The first-order valence-corrected chi connectivity index (χ1v) is 6.98. The van der Waals surface area contributed by atoms with Crippen molar-refractivity contribution in [1.82, 2.24) is 9.97 Å². The van der Waals surface area contributed by atoms with E-state index in [9.17, 15) is 4.79 Å². The number of nitrogens with zero attached hydrogens (tertiary/aromatic N) is 2. The second-order valence-corrected chi connectivity index (χ2v) is 5.53. The fraction of sp³-hybridized carbons (Fsp3) is 0.643. The molecular weight excluding hydrogens is 242 g/mol. The van der Waals surface area contributed by atoms with Gasteiger partial charge in [-0.25, -0.2) is 14.8 Å². The maximum Gasteiger partial charge on any atom is 0.343 e. The van der Waals surface area contributed by atoms with Crippen molar-refractivity contribution in [3.63, 3.8) is 0 Å². The van der Waals surface area contributed by atoms with Gasteiger partial charge < -0.3 is 10.5 Å². The average molecular weight is 261 g/mol. The van der Waals surface area contributed by atoms with Crippen LogP contribution in [-0.2, 0) is 4.74 Å². The molecule has 0 saturated heterocycles. The molecule has 2 aliphatic rings. The van der Waals surface area contributed by atoms with Crippen LogP contribution in [0.25, 0.3) is 0 Å². The number of esters is 1. The Morgan fingerprint density at radius 1 is 1.47 bits per heavy atom. The number of carbonyl (C=O) groups is 1. The van der Waals surface area contributed by atoms with Gasteiger partial charge in [-0.3, -0.25) is 0 Å². The highest BCUT2D eigenvalue weighted by atomic mass is 16.5. The Morgan fingerprint density at radius 3 is 2.89 bits per heavy atom. The Balaban J connectivity index is 1.81. The molecular formula is C14H19N3O2. The van der Waals surface area contributed by atoms with Gasteiger partial charge in [-0.1, -0.05) is 6.42 Å². The lowest BCUT2D eigenvalue weighted by atomic mass is 9.88. The number of rotatable bonds is 3. The van der Waals surface area contributed by atoms with Crippen molar-refractivity contribution >= 4 is 11.8 Å². The highest BCUT2D eigenvalue weighted by Gasteiger charge is 2.41. The van der Waals surface area contributed by atoms with Crippen molar-refractivity contribution in [2.45, 2.75) is 38.5 Å². The van der Waals surface area contributed by atoms with Gasteiger partial charge in [0.25, 0.3) is 0 Å². The number of ether oxygens (including phenoxy) is 1. The predicted octanol–water partition coefficient (Wildman–Crippen LogP) is 2.14. The minimum atomic E-state index is -0.445. The lowest BCUT2D eigenvalue weighted by Gasteiger charge is -2.20. The SMILES string of the molecule is CCOC(=O)c1cnc(C2CC3CCC2C3)nc1N. The maximum atomic E-state index is 11.6. The molecule has 0 amide bonds. The van der Waals surface area contributed by atoms with Crippen LogP contribution < -0.4 is 5.73 Å². The van der Waals surface area contributed by atoms with Crippen molar-refractivity contribution in [3.05, 3.63) is 17.6 Å². The van der Waals surface area contributed by atoms with Gasteiger partial charge in [0.2, 0.25) is 0 Å². The van der Waals surface area contributed by atoms with Crippen molar-refractivity contribution in [2.75, 3.05) is 12.3 Å². The standard InChI is InChI=1S/C14H19N3O2/c1-2-19-14(18)11-7-16-13(17-12(11)15)10-6-8-3-4-9(10)5-8/h7-10H,2-6H2,1H3,(H2,15,16,17). The van der Waals surface area contributed by atoms with Gasteiger partial charge in [-0.15, -0.1) is 0 Å². The molecule has 0 spiro atoms. The number of hydrogen-bond donors (Lipinski definition) is 1. The monoisotopic (exact) mass is 261 g/mol. The van der Waals surface area contributed by atoms with Gasteiger partial charge in [-0.2, -0.15) is 0 Å². The van der Waals surface area contributed by atoms with E-state index in [-0.39, 0.29) is 11.4 Å². The zero-order chi connectivity index (χ0) is 13.4. The normalized spacial score (nSPS) is 28.6. The molecule has 0 radical (unpaired) electrons. The van der Waals surface area contributed by atoms with Crippen LogP contribution in [0.15, 0.2) is 6.20 Å². The maximum absolute atomic E-state index is 11.6. The first-order valence-electron chi connectivity index (χ1n) is 6.98. The molecule has 3 rings (SSSR count). The lowest BCUT2D eigenvalue weighted by molar-refractivity contribution is 0.0526. The fourth-order valence-corrected chi connectivity index (χ4v) is 3.52. The molecule has 0 aliphatic heterocycles. The molecule has 2 aliphatic carbocycles. The minimum Gasteiger partial charge on any atom is -0.462 e. The average Bonchev–Trinajstić information content (AvgIpc) is 3.01. The lowest BCUT2D eigenvalue weighted by Crippen LogP contribution is -2.16. The Bertz CT molecular complexity index is 503. The summed E-state index contributed by atoms with van der Waals surface area (Å²) in [5.41, 5.74) is 6.14. The third-order valence-corrected chi connectivity index (χ3v) is 4.40. The van der Waals surface area contributed by atoms with Crippen LogP contribution in [-0.4, -0.2) is 22.5 Å². The quantitative estimate of drug-likeness (QED) is 0.843. The van der Waals surface area contributed by atoms with Crippen LogP contribution >= 0.6 is 0 Å². The number of hydrogen-bond acceptors (Lipinski definition) is 5. The van der Waals surface area contributed by atoms with Crippen LogP contribution in [0.1, 0.15) is 54.7 Å². The van der Waals surface area contributed by atoms with Gasteiger partial charge >= 0.3 is 5.97 Å². The number of nitrogen functional groups attached to an aromatic ring is 1. The number of nitrogens with two attached hydrogens (primary N) is 1. The fourth-order valence-electron chi connectivity index (χ4n) is 3.52. The minimum absolute atomic E-state index is 0.242. The van der Waals surface area contributed by atoms with Crippen LogP contribution in [0.3, 0.4) is 0 Å². The summed E-state index contributed by atoms with van der Waals surface area (Å²) in [6, 6.07) is 0. The van der Waals surface area contributed by atoms with E-state index in [1.165, 1.54) is 31.9 Å². The number of aromatic nitrogens is 2. The van der Waals surface area contributed by atoms with E-state index in [0.717, 1.165) is 11.7 Å². The topological polar surface area (TPSA) is 78.1 Å². The van der Waals surface area contributed by atoms with Gasteiger partial charge in [0.15, 0.2) is 0 Å². The van der Waals surface area contributed by atoms with Crippen LogP contribution in [0.5, 0.6) is 0 Å². The highest BCUT2D eigenvalue weighted by Crippen LogP contribution is 2.52. The largest absolute Gasteiger partial charge is 0.462 e. The summed E-state index contributed by atoms with van der Waals surface area (Å²) in [4.78, 5) is 20.3. The Morgan fingerprint density at radius 2 is 2.32 bits per heavy atom. The molecule has 1 aromatic rings. The van der Waals surface area contributed by atoms with Crippen LogP contribution in [0, 0.1) is 11.8 Å². The third-order valence-electron chi connectivity index (χ3n) is 4.40. The first-order chi connectivity index (χ1) is 9.19. The first kappa shape index (κ1) is 12.4. The third kappa shape index (κ3) is 2.17. The molecule has 1 aromatic heterocycles. The van der Waals surface area contributed by atoms with E-state index >= 15 is 0 Å². The van der Waals surface area contributed by atoms with Crippen molar-refractivity contribution in [1.29, 1.82) is 0 Å². The van der Waals surface area contributed by atoms with E-state index in [1.54, 1.807) is 6.92 Å². The molecule has 2 fully saturated rings. The van der Waals surface area contributed by atoms with Crippen molar-refractivity contribution < 1.29 is 9.53 Å². The zero-order valence-corrected chi connectivity index (χ0v) is 11.1. The second-order valence-electron chi connectivity index (χ2n) is 5.53. The van der Waals surface area contributed by atoms with Crippen LogP contribution in [0.2, 0.25) is 0 Å². The van der Waals surface area contributed by atoms with Gasteiger partial charge in [0.1, 0.15) is 17.2 Å². The number of fused-ring (bicyclic) bond motifs is 2. The summed E-state index contributed by atoms with van der Waals surface area (Å²) in [5, 5.41) is 0. The Kier molecular flexibility index (Phi) is 3.12. The molecule has 2 N–H and O–H groups in total. The smallest absolute Gasteiger partial charge is 0.343 e. The molecule has 2 bridgehead atoms. The Labute approximate surface area is 112 Å². The van der Waals surface area contributed by atoms with E-state index in [2.05, 4.69) is 9.97 Å². The van der Waals surface area contributed by atoms with Crippen molar-refractivity contribution in [3.8, 4) is 0 Å². The number of anilines is 1. The zero-order valence-electron chi connectivity index (χ0n) is 11.1. The van der Waals surface area contributed by atoms with Gasteiger partial charge in [0, 0.05) is 12.1 Å². The van der Waals surface area contributed by atoms with Gasteiger partial charge in [0.05, 0.1) is 6.61 Å². The summed E-state index contributed by atoms with van der Waals surface area (Å²) in [6.45, 7) is 2.09.